The first-order chi connectivity index (χ1) is 9.93. The van der Waals surface area contributed by atoms with E-state index in [9.17, 15) is 4.79 Å². The molecule has 1 saturated heterocycles. The van der Waals surface area contributed by atoms with Gasteiger partial charge in [0, 0.05) is 28.6 Å². The number of hydrogen-bond donors (Lipinski definition) is 0. The number of pyridine rings is 1. The summed E-state index contributed by atoms with van der Waals surface area (Å²) in [6.07, 6.45) is -0.0990. The number of ether oxygens (including phenoxy) is 1. The number of fused-ring (bicyclic) bond motifs is 1. The summed E-state index contributed by atoms with van der Waals surface area (Å²) in [6, 6.07) is 7.61. The number of nitrogens with zero attached hydrogens (tertiary/aromatic N) is 1. The van der Waals surface area contributed by atoms with E-state index < -0.39 is 12.3 Å². The second-order valence-electron chi connectivity index (χ2n) is 5.02. The van der Waals surface area contributed by atoms with Crippen LogP contribution in [0.25, 0.3) is 10.9 Å². The van der Waals surface area contributed by atoms with Gasteiger partial charge in [0.05, 0.1) is 5.52 Å². The molecule has 1 aromatic heterocycles. The summed E-state index contributed by atoms with van der Waals surface area (Å²) in [5.41, 5.74) is 2.29. The maximum absolute atomic E-state index is 12.1. The van der Waals surface area contributed by atoms with Gasteiger partial charge in [0.1, 0.15) is 0 Å². The van der Waals surface area contributed by atoms with Gasteiger partial charge in [-0.25, -0.2) is 0 Å². The Balaban J connectivity index is 2.19. The largest absolute Gasteiger partial charge is 0.381 e. The summed E-state index contributed by atoms with van der Waals surface area (Å²) < 4.78 is 23.7. The van der Waals surface area contributed by atoms with E-state index in [4.69, 9.17) is 7.48 Å². The molecule has 3 heteroatoms. The van der Waals surface area contributed by atoms with Crippen molar-refractivity contribution in [1.29, 1.82) is 0 Å². The van der Waals surface area contributed by atoms with Gasteiger partial charge in [-0.15, -0.1) is 0 Å². The maximum Gasteiger partial charge on any atom is 0.253 e. The SMILES string of the molecule is [2H]C1COCCC1([2H])c1ccc2cc(C)c(=O)n(C)c2c1. The number of rotatable bonds is 1. The molecule has 1 aromatic carbocycles. The Morgan fingerprint density at radius 2 is 2.26 bits per heavy atom. The van der Waals surface area contributed by atoms with Gasteiger partial charge in [0.15, 0.2) is 0 Å². The molecule has 0 saturated carbocycles. The Labute approximate surface area is 115 Å². The Morgan fingerprint density at radius 3 is 3.05 bits per heavy atom. The van der Waals surface area contributed by atoms with Crippen LogP contribution in [0.1, 0.15) is 32.6 Å². The summed E-state index contributed by atoms with van der Waals surface area (Å²) in [5.74, 6) is -0.965. The van der Waals surface area contributed by atoms with E-state index in [0.717, 1.165) is 16.5 Å². The average Bonchev–Trinajstić information content (AvgIpc) is 2.48. The van der Waals surface area contributed by atoms with Crippen LogP contribution in [0, 0.1) is 6.92 Å². The standard InChI is InChI=1S/C16H19NO2/c1-11-9-14-4-3-13(12-5-7-19-8-6-12)10-15(14)17(2)16(11)18/h3-4,9-10,12H,5-8H2,1-2H3/i5D,12D. The van der Waals surface area contributed by atoms with Gasteiger partial charge < -0.3 is 9.30 Å². The molecule has 2 heterocycles. The summed E-state index contributed by atoms with van der Waals surface area (Å²) in [6.45, 7) is 2.60. The molecule has 3 rings (SSSR count). The third-order valence-corrected chi connectivity index (χ3v) is 3.74. The minimum Gasteiger partial charge on any atom is -0.381 e. The van der Waals surface area contributed by atoms with Crippen molar-refractivity contribution in [2.45, 2.75) is 25.6 Å². The predicted molar refractivity (Wildman–Crippen MR) is 76.7 cm³/mol. The monoisotopic (exact) mass is 259 g/mol. The highest BCUT2D eigenvalue weighted by molar-refractivity contribution is 5.80. The highest BCUT2D eigenvalue weighted by Crippen LogP contribution is 2.28. The topological polar surface area (TPSA) is 31.2 Å². The van der Waals surface area contributed by atoms with Crippen LogP contribution in [-0.4, -0.2) is 17.8 Å². The number of benzene rings is 1. The summed E-state index contributed by atoms with van der Waals surface area (Å²) in [4.78, 5) is 12.1. The van der Waals surface area contributed by atoms with E-state index in [1.165, 1.54) is 0 Å². The van der Waals surface area contributed by atoms with Crippen LogP contribution in [0.5, 0.6) is 0 Å². The van der Waals surface area contributed by atoms with Gasteiger partial charge in [-0.1, -0.05) is 12.1 Å². The molecular weight excluding hydrogens is 238 g/mol. The lowest BCUT2D eigenvalue weighted by molar-refractivity contribution is 0.0853. The smallest absolute Gasteiger partial charge is 0.253 e. The molecule has 0 amide bonds. The van der Waals surface area contributed by atoms with Crippen LogP contribution >= 0.6 is 0 Å². The molecular formula is C16H19NO2. The first-order valence-corrected chi connectivity index (χ1v) is 6.54. The van der Waals surface area contributed by atoms with Gasteiger partial charge in [0.25, 0.3) is 5.56 Å². The average molecular weight is 259 g/mol. The quantitative estimate of drug-likeness (QED) is 0.788. The Hall–Kier alpha value is -1.61. The number of aryl methyl sites for hydroxylation is 2. The van der Waals surface area contributed by atoms with Crippen LogP contribution in [-0.2, 0) is 11.8 Å². The highest BCUT2D eigenvalue weighted by Gasteiger charge is 2.16. The molecule has 100 valence electrons. The summed E-state index contributed by atoms with van der Waals surface area (Å²) >= 11 is 0. The first-order valence-electron chi connectivity index (χ1n) is 7.62. The van der Waals surface area contributed by atoms with Crippen LogP contribution < -0.4 is 5.56 Å². The predicted octanol–water partition coefficient (Wildman–Crippen LogP) is 2.74. The van der Waals surface area contributed by atoms with Crippen molar-refractivity contribution in [3.63, 3.8) is 0 Å². The van der Waals surface area contributed by atoms with Gasteiger partial charge >= 0.3 is 0 Å². The third kappa shape index (κ3) is 2.19. The van der Waals surface area contributed by atoms with E-state index in [1.54, 1.807) is 18.5 Å². The van der Waals surface area contributed by atoms with E-state index in [2.05, 4.69) is 0 Å². The molecule has 0 N–H and O–H groups in total. The number of hydrogen-bond acceptors (Lipinski definition) is 2. The molecule has 2 unspecified atom stereocenters. The molecule has 1 aliphatic heterocycles. The minimum absolute atomic E-state index is 0.0203. The van der Waals surface area contributed by atoms with Gasteiger partial charge in [-0.2, -0.15) is 0 Å². The Morgan fingerprint density at radius 1 is 1.42 bits per heavy atom. The zero-order valence-corrected chi connectivity index (χ0v) is 11.3. The lowest BCUT2D eigenvalue weighted by Gasteiger charge is -2.23. The molecule has 0 spiro atoms. The van der Waals surface area contributed by atoms with Crippen LogP contribution in [0.4, 0.5) is 0 Å². The van der Waals surface area contributed by atoms with Crippen molar-refractivity contribution >= 4 is 10.9 Å². The fourth-order valence-electron chi connectivity index (χ4n) is 2.61. The Bertz CT molecular complexity index is 756. The van der Waals surface area contributed by atoms with Crippen molar-refractivity contribution in [1.82, 2.24) is 4.57 Å². The highest BCUT2D eigenvalue weighted by atomic mass is 16.5. The lowest BCUT2D eigenvalue weighted by atomic mass is 9.91. The third-order valence-electron chi connectivity index (χ3n) is 3.74. The first kappa shape index (κ1) is 10.2. The maximum atomic E-state index is 12.1. The summed E-state index contributed by atoms with van der Waals surface area (Å²) in [7, 11) is 1.75. The summed E-state index contributed by atoms with van der Waals surface area (Å²) in [5, 5.41) is 0.982. The van der Waals surface area contributed by atoms with Gasteiger partial charge in [0.2, 0.25) is 0 Å². The van der Waals surface area contributed by atoms with Gasteiger partial charge in [-0.05, 0) is 48.7 Å². The molecule has 0 bridgehead atoms. The normalized spacial score (nSPS) is 29.1. The van der Waals surface area contributed by atoms with Crippen molar-refractivity contribution in [2.24, 2.45) is 7.05 Å². The molecule has 19 heavy (non-hydrogen) atoms. The zero-order chi connectivity index (χ0) is 15.2. The van der Waals surface area contributed by atoms with E-state index in [1.807, 2.05) is 24.3 Å². The minimum atomic E-state index is -0.965. The van der Waals surface area contributed by atoms with Crippen LogP contribution in [0.2, 0.25) is 0 Å². The number of aromatic nitrogens is 1. The molecule has 2 aromatic rings. The van der Waals surface area contributed by atoms with Crippen molar-refractivity contribution in [3.8, 4) is 0 Å². The zero-order valence-electron chi connectivity index (χ0n) is 13.3. The van der Waals surface area contributed by atoms with Crippen molar-refractivity contribution in [2.75, 3.05) is 13.2 Å². The van der Waals surface area contributed by atoms with Crippen molar-refractivity contribution < 1.29 is 7.48 Å². The second kappa shape index (κ2) is 4.82. The molecule has 1 fully saturated rings. The van der Waals surface area contributed by atoms with E-state index >= 15 is 0 Å². The molecule has 0 aliphatic carbocycles. The fourth-order valence-corrected chi connectivity index (χ4v) is 2.61. The van der Waals surface area contributed by atoms with Crippen molar-refractivity contribution in [3.05, 3.63) is 45.7 Å². The molecule has 1 aliphatic rings. The molecule has 3 nitrogen and oxygen atoms in total. The molecule has 0 radical (unpaired) electrons. The second-order valence-corrected chi connectivity index (χ2v) is 5.02. The molecule has 2 atom stereocenters. The lowest BCUT2D eigenvalue weighted by Crippen LogP contribution is -2.19. The van der Waals surface area contributed by atoms with E-state index in [-0.39, 0.29) is 12.2 Å². The van der Waals surface area contributed by atoms with Gasteiger partial charge in [-0.3, -0.25) is 4.79 Å². The Kier molecular flexibility index (Phi) is 2.59. The van der Waals surface area contributed by atoms with Crippen LogP contribution in [0.15, 0.2) is 29.1 Å². The van der Waals surface area contributed by atoms with Crippen LogP contribution in [0.3, 0.4) is 0 Å². The van der Waals surface area contributed by atoms with E-state index in [0.29, 0.717) is 18.6 Å². The fraction of sp³-hybridized carbons (Fsp3) is 0.438.